The van der Waals surface area contributed by atoms with Gasteiger partial charge in [-0.3, -0.25) is 4.79 Å². The quantitative estimate of drug-likeness (QED) is 0.614. The fraction of sp³-hybridized carbons (Fsp3) is 0.312. The number of Topliss-reactive ketones (excluding diaryl/α,β-unsaturated/α-hetero) is 1. The van der Waals surface area contributed by atoms with Crippen molar-refractivity contribution >= 4 is 5.78 Å². The van der Waals surface area contributed by atoms with Crippen LogP contribution in [0.4, 0.5) is 0 Å². The van der Waals surface area contributed by atoms with E-state index in [2.05, 4.69) is 30.4 Å². The van der Waals surface area contributed by atoms with Gasteiger partial charge in [-0.05, 0) is 24.0 Å². The average Bonchev–Trinajstić information content (AvgIpc) is 2.68. The molecule has 0 aromatic carbocycles. The lowest BCUT2D eigenvalue weighted by molar-refractivity contribution is -0.114. The smallest absolute Gasteiger partial charge is 0.163 e. The highest BCUT2D eigenvalue weighted by molar-refractivity contribution is 6.02. The maximum Gasteiger partial charge on any atom is 0.163 e. The molecule has 0 bridgehead atoms. The molecule has 0 N–H and O–H groups in total. The van der Waals surface area contributed by atoms with Crippen LogP contribution in [0.5, 0.6) is 0 Å². The molecule has 0 heterocycles. The molecule has 17 heavy (non-hydrogen) atoms. The lowest BCUT2D eigenvalue weighted by atomic mass is 9.71. The summed E-state index contributed by atoms with van der Waals surface area (Å²) < 4.78 is 0. The molecule has 1 fully saturated rings. The summed E-state index contributed by atoms with van der Waals surface area (Å²) in [6.45, 7) is 0. The van der Waals surface area contributed by atoms with Crippen molar-refractivity contribution in [3.63, 3.8) is 0 Å². The normalized spacial score (nSPS) is 33.3. The number of fused-ring (bicyclic) bond motifs is 1. The van der Waals surface area contributed by atoms with Crippen LogP contribution in [-0.4, -0.2) is 5.78 Å². The topological polar surface area (TPSA) is 17.1 Å². The van der Waals surface area contributed by atoms with Gasteiger partial charge in [0.2, 0.25) is 0 Å². The zero-order valence-corrected chi connectivity index (χ0v) is 9.65. The maximum atomic E-state index is 12.0. The number of ketones is 1. The Labute approximate surface area is 101 Å². The first-order valence-corrected chi connectivity index (χ1v) is 6.36. The first-order valence-electron chi connectivity index (χ1n) is 6.36. The summed E-state index contributed by atoms with van der Waals surface area (Å²) in [6.07, 6.45) is 16.1. The van der Waals surface area contributed by atoms with Gasteiger partial charge < -0.3 is 0 Å². The first-order chi connectivity index (χ1) is 8.34. The van der Waals surface area contributed by atoms with Gasteiger partial charge in [-0.1, -0.05) is 42.0 Å². The van der Waals surface area contributed by atoms with Gasteiger partial charge >= 0.3 is 0 Å². The van der Waals surface area contributed by atoms with E-state index in [4.69, 9.17) is 0 Å². The summed E-state index contributed by atoms with van der Waals surface area (Å²) in [5.74, 6) is 1.11. The number of carbonyl (C=O) groups is 1. The fourth-order valence-electron chi connectivity index (χ4n) is 3.61. The Morgan fingerprint density at radius 2 is 2.24 bits per heavy atom. The van der Waals surface area contributed by atoms with Crippen molar-refractivity contribution in [2.24, 2.45) is 11.8 Å². The molecule has 0 amide bonds. The Morgan fingerprint density at radius 3 is 3.18 bits per heavy atom. The van der Waals surface area contributed by atoms with Crippen LogP contribution in [0.1, 0.15) is 19.3 Å². The van der Waals surface area contributed by atoms with E-state index < -0.39 is 0 Å². The highest BCUT2D eigenvalue weighted by Gasteiger charge is 2.42. The summed E-state index contributed by atoms with van der Waals surface area (Å²) >= 11 is 0. The maximum absolute atomic E-state index is 12.0. The Balaban J connectivity index is 1.92. The first kappa shape index (κ1) is 9.41. The second kappa shape index (κ2) is 3.19. The molecule has 0 aliphatic heterocycles. The lowest BCUT2D eigenvalue weighted by Crippen LogP contribution is -2.22. The van der Waals surface area contributed by atoms with Gasteiger partial charge in [0.1, 0.15) is 0 Å². The summed E-state index contributed by atoms with van der Waals surface area (Å²) in [4.78, 5) is 12.0. The standard InChI is InChI=1S/C16H14O/c17-15-9-11-8-10-4-1-2-5-12(10)13-6-3-7-14(15)16(11)13/h2-3,5-8,13,16H,1,4,9H2. The van der Waals surface area contributed by atoms with Crippen LogP contribution in [0.3, 0.4) is 0 Å². The van der Waals surface area contributed by atoms with Crippen LogP contribution in [0.25, 0.3) is 0 Å². The third-order valence-electron chi connectivity index (χ3n) is 4.34. The zero-order chi connectivity index (χ0) is 11.4. The van der Waals surface area contributed by atoms with Crippen LogP contribution in [-0.2, 0) is 4.79 Å². The Morgan fingerprint density at radius 1 is 1.29 bits per heavy atom. The minimum absolute atomic E-state index is 0.333. The SMILES string of the molecule is O=C1CC2=CC3=C(C=CCC3)C3C=CC=C1C23. The summed E-state index contributed by atoms with van der Waals surface area (Å²) in [5, 5.41) is 0. The van der Waals surface area contributed by atoms with E-state index in [-0.39, 0.29) is 0 Å². The lowest BCUT2D eigenvalue weighted by Gasteiger charge is -2.33. The molecule has 0 radical (unpaired) electrons. The second-order valence-corrected chi connectivity index (χ2v) is 5.25. The molecule has 2 unspecified atom stereocenters. The van der Waals surface area contributed by atoms with E-state index in [1.54, 1.807) is 0 Å². The summed E-state index contributed by atoms with van der Waals surface area (Å²) in [6, 6.07) is 0. The van der Waals surface area contributed by atoms with Gasteiger partial charge in [-0.25, -0.2) is 0 Å². The van der Waals surface area contributed by atoms with E-state index in [9.17, 15) is 4.79 Å². The van der Waals surface area contributed by atoms with Gasteiger partial charge in [0.25, 0.3) is 0 Å². The van der Waals surface area contributed by atoms with Crippen LogP contribution in [0.2, 0.25) is 0 Å². The van der Waals surface area contributed by atoms with Crippen molar-refractivity contribution in [1.29, 1.82) is 0 Å². The second-order valence-electron chi connectivity index (χ2n) is 5.25. The number of allylic oxidation sites excluding steroid dienone is 10. The van der Waals surface area contributed by atoms with Gasteiger partial charge in [-0.15, -0.1) is 0 Å². The highest BCUT2D eigenvalue weighted by atomic mass is 16.1. The van der Waals surface area contributed by atoms with E-state index in [1.807, 2.05) is 6.08 Å². The molecule has 0 aromatic rings. The molecule has 0 aromatic heterocycles. The van der Waals surface area contributed by atoms with Crippen LogP contribution < -0.4 is 0 Å². The van der Waals surface area contributed by atoms with Gasteiger partial charge in [0.05, 0.1) is 0 Å². The minimum atomic E-state index is 0.333. The van der Waals surface area contributed by atoms with E-state index in [1.165, 1.54) is 16.7 Å². The van der Waals surface area contributed by atoms with Crippen molar-refractivity contribution in [1.82, 2.24) is 0 Å². The molecular formula is C16H14O. The summed E-state index contributed by atoms with van der Waals surface area (Å²) in [5.41, 5.74) is 5.30. The van der Waals surface area contributed by atoms with Gasteiger partial charge in [-0.2, -0.15) is 0 Å². The molecular weight excluding hydrogens is 208 g/mol. The van der Waals surface area contributed by atoms with Crippen molar-refractivity contribution in [3.05, 3.63) is 58.7 Å². The van der Waals surface area contributed by atoms with Crippen molar-refractivity contribution in [3.8, 4) is 0 Å². The largest absolute Gasteiger partial charge is 0.294 e. The third kappa shape index (κ3) is 1.17. The molecule has 1 heteroatoms. The highest BCUT2D eigenvalue weighted by Crippen LogP contribution is 2.49. The molecule has 4 aliphatic carbocycles. The number of hydrogen-bond acceptors (Lipinski definition) is 1. The van der Waals surface area contributed by atoms with E-state index >= 15 is 0 Å². The predicted molar refractivity (Wildman–Crippen MR) is 67.3 cm³/mol. The monoisotopic (exact) mass is 222 g/mol. The Hall–Kier alpha value is -1.63. The molecule has 2 atom stereocenters. The molecule has 4 rings (SSSR count). The minimum Gasteiger partial charge on any atom is -0.294 e. The van der Waals surface area contributed by atoms with Gasteiger partial charge in [0, 0.05) is 23.8 Å². The summed E-state index contributed by atoms with van der Waals surface area (Å²) in [7, 11) is 0. The van der Waals surface area contributed by atoms with Crippen LogP contribution in [0.15, 0.2) is 58.7 Å². The average molecular weight is 222 g/mol. The molecule has 84 valence electrons. The van der Waals surface area contributed by atoms with E-state index in [0.29, 0.717) is 24.0 Å². The molecule has 1 saturated carbocycles. The number of carbonyl (C=O) groups excluding carboxylic acids is 1. The third-order valence-corrected chi connectivity index (χ3v) is 4.34. The Bertz CT molecular complexity index is 566. The molecule has 1 nitrogen and oxygen atoms in total. The molecule has 0 saturated heterocycles. The zero-order valence-electron chi connectivity index (χ0n) is 9.65. The van der Waals surface area contributed by atoms with E-state index in [0.717, 1.165) is 18.4 Å². The molecule has 0 spiro atoms. The van der Waals surface area contributed by atoms with Crippen molar-refractivity contribution in [2.75, 3.05) is 0 Å². The van der Waals surface area contributed by atoms with Gasteiger partial charge in [0.15, 0.2) is 5.78 Å². The van der Waals surface area contributed by atoms with Crippen molar-refractivity contribution < 1.29 is 4.79 Å². The molecule has 4 aliphatic rings. The Kier molecular flexibility index (Phi) is 1.77. The van der Waals surface area contributed by atoms with Crippen LogP contribution in [0, 0.1) is 11.8 Å². The fourth-order valence-corrected chi connectivity index (χ4v) is 3.61. The van der Waals surface area contributed by atoms with Crippen LogP contribution >= 0.6 is 0 Å². The number of hydrogen-bond donors (Lipinski definition) is 0. The predicted octanol–water partition coefficient (Wildman–Crippen LogP) is 3.27. The van der Waals surface area contributed by atoms with Crippen molar-refractivity contribution in [2.45, 2.75) is 19.3 Å². The number of rotatable bonds is 0.